The van der Waals surface area contributed by atoms with Gasteiger partial charge in [-0.2, -0.15) is 28.4 Å². The average Bonchev–Trinajstić information content (AvgIpc) is 3.56. The van der Waals surface area contributed by atoms with Crippen LogP contribution < -0.4 is 9.64 Å². The summed E-state index contributed by atoms with van der Waals surface area (Å²) in [6.45, 7) is 6.21. The second-order valence-corrected chi connectivity index (χ2v) is 12.5. The van der Waals surface area contributed by atoms with Gasteiger partial charge in [0.2, 0.25) is 5.91 Å². The number of nitrogens with zero attached hydrogens (tertiary/aromatic N) is 6. The molecule has 2 saturated heterocycles. The molecule has 0 N–H and O–H groups in total. The van der Waals surface area contributed by atoms with Crippen LogP contribution in [0.3, 0.4) is 0 Å². The van der Waals surface area contributed by atoms with Gasteiger partial charge in [0.1, 0.15) is 12.4 Å². The summed E-state index contributed by atoms with van der Waals surface area (Å²) >= 11 is 6.37. The summed E-state index contributed by atoms with van der Waals surface area (Å²) in [5, 5.41) is 9.58. The molecule has 4 aliphatic rings. The topological polar surface area (TPSA) is 85.6 Å². The van der Waals surface area contributed by atoms with Crippen molar-refractivity contribution in [2.75, 3.05) is 44.7 Å². The third-order valence-electron chi connectivity index (χ3n) is 9.54. The molecular weight excluding hydrogens is 593 g/mol. The van der Waals surface area contributed by atoms with E-state index in [4.69, 9.17) is 26.3 Å². The number of likely N-dealkylation sites (N-methyl/N-ethyl adjacent to an activating group) is 1. The molecular formula is C32H34ClF3N6O2. The molecule has 2 fully saturated rings. The molecule has 12 heteroatoms. The molecule has 0 unspecified atom stereocenters. The maximum Gasteiger partial charge on any atom is 0.416 e. The van der Waals surface area contributed by atoms with E-state index < -0.39 is 17.2 Å². The first-order chi connectivity index (χ1) is 21.0. The van der Waals surface area contributed by atoms with Crippen molar-refractivity contribution in [2.45, 2.75) is 62.2 Å². The Morgan fingerprint density at radius 1 is 1.27 bits per heavy atom. The minimum atomic E-state index is -4.56. The van der Waals surface area contributed by atoms with E-state index in [1.807, 2.05) is 0 Å². The number of halogens is 4. The number of anilines is 1. The number of hydrogen-bond donors (Lipinski definition) is 0. The normalized spacial score (nSPS) is 25.0. The molecule has 232 valence electrons. The molecule has 2 aliphatic carbocycles. The zero-order valence-corrected chi connectivity index (χ0v) is 25.3. The zero-order chi connectivity index (χ0) is 31.2. The fraction of sp³-hybridized carbons (Fsp3) is 0.500. The monoisotopic (exact) mass is 626 g/mol. The van der Waals surface area contributed by atoms with Crippen LogP contribution in [-0.4, -0.2) is 83.8 Å². The molecule has 1 aromatic carbocycles. The van der Waals surface area contributed by atoms with Crippen molar-refractivity contribution < 1.29 is 22.7 Å². The van der Waals surface area contributed by atoms with E-state index >= 15 is 0 Å². The highest BCUT2D eigenvalue weighted by molar-refractivity contribution is 6.32. The zero-order valence-electron chi connectivity index (χ0n) is 24.5. The molecule has 3 heterocycles. The van der Waals surface area contributed by atoms with Crippen LogP contribution in [0.1, 0.15) is 48.1 Å². The number of hydrogen-bond acceptors (Lipinski definition) is 7. The number of alkyl halides is 3. The van der Waals surface area contributed by atoms with E-state index in [2.05, 4.69) is 29.5 Å². The van der Waals surface area contributed by atoms with E-state index in [1.54, 1.807) is 17.0 Å². The van der Waals surface area contributed by atoms with Gasteiger partial charge in [0.05, 0.1) is 29.8 Å². The van der Waals surface area contributed by atoms with Gasteiger partial charge in [-0.3, -0.25) is 4.79 Å². The minimum Gasteiger partial charge on any atom is -0.462 e. The van der Waals surface area contributed by atoms with Crippen LogP contribution in [0.2, 0.25) is 5.02 Å². The first kappa shape index (κ1) is 30.4. The van der Waals surface area contributed by atoms with Gasteiger partial charge >= 0.3 is 12.2 Å². The number of likely N-dealkylation sites (tertiary alicyclic amines) is 1. The van der Waals surface area contributed by atoms with E-state index in [0.717, 1.165) is 24.9 Å². The van der Waals surface area contributed by atoms with Gasteiger partial charge in [-0.25, -0.2) is 0 Å². The Labute approximate surface area is 259 Å². The summed E-state index contributed by atoms with van der Waals surface area (Å²) in [5.41, 5.74) is 0.469. The summed E-state index contributed by atoms with van der Waals surface area (Å²) in [4.78, 5) is 28.1. The van der Waals surface area contributed by atoms with Crippen molar-refractivity contribution in [1.82, 2.24) is 19.8 Å². The lowest BCUT2D eigenvalue weighted by Gasteiger charge is -2.42. The number of carbonyl (C=O) groups excluding carboxylic acids is 1. The van der Waals surface area contributed by atoms with E-state index in [9.17, 15) is 23.2 Å². The lowest BCUT2D eigenvalue weighted by Crippen LogP contribution is -2.55. The number of amides is 1. The molecule has 0 saturated carbocycles. The SMILES string of the molecule is C=CC(=O)N1CCN(c2nc(OC[C@@H]3CCCN3C)nc3c2CC[C@]2(C=C(C(F)(F)F)c4c(Cl)cccc42)C3)C[C@@H]1CC#N. The third kappa shape index (κ3) is 5.43. The molecule has 0 radical (unpaired) electrons. The number of carbonyl (C=O) groups is 1. The van der Waals surface area contributed by atoms with Gasteiger partial charge in [0.15, 0.2) is 0 Å². The fourth-order valence-electron chi connectivity index (χ4n) is 7.27. The average molecular weight is 627 g/mol. The summed E-state index contributed by atoms with van der Waals surface area (Å²) in [5.74, 6) is 0.421. The number of allylic oxidation sites excluding steroid dienone is 2. The second-order valence-electron chi connectivity index (χ2n) is 12.1. The number of fused-ring (bicyclic) bond motifs is 3. The maximum absolute atomic E-state index is 14.3. The molecule has 6 rings (SSSR count). The van der Waals surface area contributed by atoms with Crippen LogP contribution in [0, 0.1) is 11.3 Å². The number of piperazine rings is 1. The molecule has 1 amide bonds. The van der Waals surface area contributed by atoms with Gasteiger partial charge in [0, 0.05) is 53.7 Å². The van der Waals surface area contributed by atoms with Crippen LogP contribution in [0.15, 0.2) is 36.9 Å². The molecule has 1 spiro atoms. The van der Waals surface area contributed by atoms with Crippen LogP contribution in [0.25, 0.3) is 5.57 Å². The van der Waals surface area contributed by atoms with E-state index in [0.29, 0.717) is 56.2 Å². The van der Waals surface area contributed by atoms with Gasteiger partial charge < -0.3 is 19.4 Å². The molecule has 8 nitrogen and oxygen atoms in total. The quantitative estimate of drug-likeness (QED) is 0.412. The van der Waals surface area contributed by atoms with Crippen LogP contribution in [-0.2, 0) is 23.1 Å². The van der Waals surface area contributed by atoms with Gasteiger partial charge in [-0.1, -0.05) is 36.4 Å². The summed E-state index contributed by atoms with van der Waals surface area (Å²) in [6.07, 6.45) is 1.36. The van der Waals surface area contributed by atoms with Crippen molar-refractivity contribution in [2.24, 2.45) is 0 Å². The Bertz CT molecular complexity index is 1560. The number of nitriles is 1. The van der Waals surface area contributed by atoms with Crippen molar-refractivity contribution in [3.63, 3.8) is 0 Å². The summed E-state index contributed by atoms with van der Waals surface area (Å²) in [6, 6.07) is 7.15. The van der Waals surface area contributed by atoms with Gasteiger partial charge in [-0.15, -0.1) is 0 Å². The van der Waals surface area contributed by atoms with Gasteiger partial charge in [-0.05, 0) is 57.0 Å². The smallest absolute Gasteiger partial charge is 0.416 e. The molecule has 44 heavy (non-hydrogen) atoms. The Balaban J connectivity index is 1.39. The first-order valence-corrected chi connectivity index (χ1v) is 15.3. The van der Waals surface area contributed by atoms with E-state index in [-0.39, 0.29) is 47.4 Å². The van der Waals surface area contributed by atoms with E-state index in [1.165, 1.54) is 18.2 Å². The Hall–Kier alpha value is -3.62. The van der Waals surface area contributed by atoms with Crippen LogP contribution in [0.5, 0.6) is 6.01 Å². The maximum atomic E-state index is 14.3. The minimum absolute atomic E-state index is 0.0440. The molecule has 0 bridgehead atoms. The summed E-state index contributed by atoms with van der Waals surface area (Å²) in [7, 11) is 2.05. The lowest BCUT2D eigenvalue weighted by atomic mass is 9.70. The Kier molecular flexibility index (Phi) is 8.09. The fourth-order valence-corrected chi connectivity index (χ4v) is 7.55. The highest BCUT2D eigenvalue weighted by Gasteiger charge is 2.50. The standard InChI is InChI=1S/C32H34ClF3N6O2/c1-3-27(43)42-15-14-41(18-20(42)10-12-37)29-22-9-11-31(16-24(32(34,35)36)28-23(31)7-4-8-25(28)33)17-26(22)38-30(39-29)44-19-21-6-5-13-40(21)2/h3-4,7-8,16,20-21H,1,5-6,9-11,13-15,17-19H2,2H3/t20-,21-,31-/m0/s1. The number of benzene rings is 1. The summed E-state index contributed by atoms with van der Waals surface area (Å²) < 4.78 is 49.0. The van der Waals surface area contributed by atoms with Gasteiger partial charge in [0.25, 0.3) is 0 Å². The van der Waals surface area contributed by atoms with Crippen molar-refractivity contribution in [3.05, 3.63) is 64.3 Å². The molecule has 2 aliphatic heterocycles. The lowest BCUT2D eigenvalue weighted by molar-refractivity contribution is -0.128. The Morgan fingerprint density at radius 3 is 2.80 bits per heavy atom. The number of rotatable bonds is 6. The third-order valence-corrected chi connectivity index (χ3v) is 9.86. The van der Waals surface area contributed by atoms with Crippen molar-refractivity contribution in [1.29, 1.82) is 5.26 Å². The largest absolute Gasteiger partial charge is 0.462 e. The van der Waals surface area contributed by atoms with Crippen molar-refractivity contribution in [3.8, 4) is 12.1 Å². The number of ether oxygens (including phenoxy) is 1. The Morgan fingerprint density at radius 2 is 2.09 bits per heavy atom. The highest BCUT2D eigenvalue weighted by Crippen LogP contribution is 2.54. The second kappa shape index (κ2) is 11.7. The predicted octanol–water partition coefficient (Wildman–Crippen LogP) is 5.11. The van der Waals surface area contributed by atoms with Crippen LogP contribution >= 0.6 is 11.6 Å². The predicted molar refractivity (Wildman–Crippen MR) is 161 cm³/mol. The van der Waals surface area contributed by atoms with Crippen LogP contribution in [0.4, 0.5) is 19.0 Å². The number of aromatic nitrogens is 2. The highest BCUT2D eigenvalue weighted by atomic mass is 35.5. The molecule has 1 aromatic heterocycles. The molecule has 2 aromatic rings. The molecule has 3 atom stereocenters. The first-order valence-electron chi connectivity index (χ1n) is 14.9. The van der Waals surface area contributed by atoms with Crippen molar-refractivity contribution >= 4 is 28.9 Å².